The molecule has 0 saturated carbocycles. The van der Waals surface area contributed by atoms with Gasteiger partial charge in [-0.1, -0.05) is 53.6 Å². The van der Waals surface area contributed by atoms with Crippen molar-refractivity contribution < 1.29 is 9.53 Å². The number of carbonyl (C=O) groups is 1. The predicted octanol–water partition coefficient (Wildman–Crippen LogP) is 3.51. The standard InChI is InChI=1S/C21H25ClN2O2/c1-15-5-7-16(8-6-15)19(23)20(25)24-14-21(9-11-26-12-10-21)17-3-2-4-18(22)13-17/h2-8,13,19H,9-12,14,23H2,1H3,(H,24,25). The second-order valence-corrected chi connectivity index (χ2v) is 7.45. The Kier molecular flexibility index (Phi) is 5.97. The molecule has 2 aromatic rings. The van der Waals surface area contributed by atoms with Gasteiger partial charge in [0.1, 0.15) is 6.04 Å². The second kappa shape index (κ2) is 8.21. The highest BCUT2D eigenvalue weighted by Crippen LogP contribution is 2.35. The molecule has 1 amide bonds. The Hall–Kier alpha value is -1.88. The normalized spacial score (nSPS) is 17.5. The van der Waals surface area contributed by atoms with Crippen LogP contribution in [0.3, 0.4) is 0 Å². The molecule has 4 nitrogen and oxygen atoms in total. The van der Waals surface area contributed by atoms with Gasteiger partial charge in [-0.25, -0.2) is 0 Å². The van der Waals surface area contributed by atoms with Gasteiger partial charge in [0, 0.05) is 30.2 Å². The molecule has 3 rings (SSSR count). The smallest absolute Gasteiger partial charge is 0.241 e. The van der Waals surface area contributed by atoms with Crippen LogP contribution in [0.2, 0.25) is 5.02 Å². The van der Waals surface area contributed by atoms with Crippen molar-refractivity contribution in [2.75, 3.05) is 19.8 Å². The molecule has 0 spiro atoms. The number of benzene rings is 2. The fourth-order valence-corrected chi connectivity index (χ4v) is 3.63. The van der Waals surface area contributed by atoms with Gasteiger partial charge in [0.05, 0.1) is 0 Å². The van der Waals surface area contributed by atoms with Crippen LogP contribution in [-0.4, -0.2) is 25.7 Å². The average molecular weight is 373 g/mol. The summed E-state index contributed by atoms with van der Waals surface area (Å²) in [5, 5.41) is 3.77. The molecule has 2 aromatic carbocycles. The minimum atomic E-state index is -0.674. The molecule has 1 fully saturated rings. The number of aryl methyl sites for hydroxylation is 1. The van der Waals surface area contributed by atoms with Crippen molar-refractivity contribution in [3.63, 3.8) is 0 Å². The number of amides is 1. The van der Waals surface area contributed by atoms with E-state index in [4.69, 9.17) is 22.1 Å². The number of ether oxygens (including phenoxy) is 1. The highest BCUT2D eigenvalue weighted by atomic mass is 35.5. The molecule has 0 aromatic heterocycles. The molecule has 26 heavy (non-hydrogen) atoms. The van der Waals surface area contributed by atoms with E-state index in [-0.39, 0.29) is 11.3 Å². The first kappa shape index (κ1) is 18.9. The van der Waals surface area contributed by atoms with E-state index in [1.807, 2.05) is 49.4 Å². The van der Waals surface area contributed by atoms with Crippen molar-refractivity contribution in [2.45, 2.75) is 31.2 Å². The maximum absolute atomic E-state index is 12.6. The van der Waals surface area contributed by atoms with E-state index in [9.17, 15) is 4.79 Å². The van der Waals surface area contributed by atoms with E-state index < -0.39 is 6.04 Å². The zero-order chi connectivity index (χ0) is 18.6. The maximum atomic E-state index is 12.6. The molecule has 0 radical (unpaired) electrons. The van der Waals surface area contributed by atoms with Gasteiger partial charge in [0.2, 0.25) is 5.91 Å². The zero-order valence-corrected chi connectivity index (χ0v) is 15.8. The molecule has 1 aliphatic rings. The topological polar surface area (TPSA) is 64.4 Å². The molecule has 1 heterocycles. The van der Waals surface area contributed by atoms with E-state index in [1.54, 1.807) is 0 Å². The Bertz CT molecular complexity index is 755. The lowest BCUT2D eigenvalue weighted by molar-refractivity contribution is -0.123. The van der Waals surface area contributed by atoms with Crippen LogP contribution < -0.4 is 11.1 Å². The van der Waals surface area contributed by atoms with E-state index in [1.165, 1.54) is 0 Å². The van der Waals surface area contributed by atoms with Crippen molar-refractivity contribution in [3.05, 3.63) is 70.2 Å². The summed E-state index contributed by atoms with van der Waals surface area (Å²) in [6.45, 7) is 3.88. The van der Waals surface area contributed by atoms with Gasteiger partial charge in [-0.2, -0.15) is 0 Å². The molecule has 138 valence electrons. The van der Waals surface area contributed by atoms with E-state index in [0.29, 0.717) is 24.8 Å². The lowest BCUT2D eigenvalue weighted by atomic mass is 9.74. The highest BCUT2D eigenvalue weighted by molar-refractivity contribution is 6.30. The van der Waals surface area contributed by atoms with Crippen molar-refractivity contribution in [2.24, 2.45) is 5.73 Å². The second-order valence-electron chi connectivity index (χ2n) is 7.01. The van der Waals surface area contributed by atoms with Crippen molar-refractivity contribution in [1.29, 1.82) is 0 Å². The van der Waals surface area contributed by atoms with Gasteiger partial charge in [-0.3, -0.25) is 4.79 Å². The zero-order valence-electron chi connectivity index (χ0n) is 15.0. The van der Waals surface area contributed by atoms with Crippen LogP contribution >= 0.6 is 11.6 Å². The van der Waals surface area contributed by atoms with Crippen LogP contribution in [0.5, 0.6) is 0 Å². The number of halogens is 1. The predicted molar refractivity (Wildman–Crippen MR) is 104 cm³/mol. The lowest BCUT2D eigenvalue weighted by Crippen LogP contribution is -2.46. The van der Waals surface area contributed by atoms with Crippen LogP contribution in [0, 0.1) is 6.92 Å². The largest absolute Gasteiger partial charge is 0.381 e. The lowest BCUT2D eigenvalue weighted by Gasteiger charge is -2.38. The highest BCUT2D eigenvalue weighted by Gasteiger charge is 2.35. The van der Waals surface area contributed by atoms with Gasteiger partial charge in [0.25, 0.3) is 0 Å². The first-order valence-corrected chi connectivity index (χ1v) is 9.32. The Morgan fingerprint density at radius 1 is 1.23 bits per heavy atom. The quantitative estimate of drug-likeness (QED) is 0.844. The summed E-state index contributed by atoms with van der Waals surface area (Å²) in [5.74, 6) is -0.165. The molecular weight excluding hydrogens is 348 g/mol. The number of carbonyl (C=O) groups excluding carboxylic acids is 1. The number of rotatable bonds is 5. The first-order valence-electron chi connectivity index (χ1n) is 8.94. The van der Waals surface area contributed by atoms with Gasteiger partial charge >= 0.3 is 0 Å². The fraction of sp³-hybridized carbons (Fsp3) is 0.381. The summed E-state index contributed by atoms with van der Waals surface area (Å²) >= 11 is 6.19. The number of nitrogens with one attached hydrogen (secondary N) is 1. The Morgan fingerprint density at radius 3 is 2.58 bits per heavy atom. The molecule has 1 aliphatic heterocycles. The summed E-state index contributed by atoms with van der Waals surface area (Å²) in [7, 11) is 0. The van der Waals surface area contributed by atoms with Crippen molar-refractivity contribution in [1.82, 2.24) is 5.32 Å². The van der Waals surface area contributed by atoms with Crippen LogP contribution in [0.25, 0.3) is 0 Å². The van der Waals surface area contributed by atoms with Crippen LogP contribution in [0.15, 0.2) is 48.5 Å². The Balaban J connectivity index is 1.73. The summed E-state index contributed by atoms with van der Waals surface area (Å²) in [6, 6.07) is 14.9. The summed E-state index contributed by atoms with van der Waals surface area (Å²) in [4.78, 5) is 12.6. The summed E-state index contributed by atoms with van der Waals surface area (Å²) < 4.78 is 5.54. The van der Waals surface area contributed by atoms with Gasteiger partial charge in [-0.05, 0) is 43.0 Å². The maximum Gasteiger partial charge on any atom is 0.241 e. The minimum absolute atomic E-state index is 0.165. The fourth-order valence-electron chi connectivity index (χ4n) is 3.44. The molecule has 0 aliphatic carbocycles. The number of nitrogens with two attached hydrogens (primary N) is 1. The molecular formula is C21H25ClN2O2. The van der Waals surface area contributed by atoms with Gasteiger partial charge in [0.15, 0.2) is 0 Å². The molecule has 1 unspecified atom stereocenters. The first-order chi connectivity index (χ1) is 12.5. The van der Waals surface area contributed by atoms with E-state index >= 15 is 0 Å². The minimum Gasteiger partial charge on any atom is -0.381 e. The van der Waals surface area contributed by atoms with Gasteiger partial charge in [-0.15, -0.1) is 0 Å². The molecule has 0 bridgehead atoms. The van der Waals surface area contributed by atoms with Gasteiger partial charge < -0.3 is 15.8 Å². The van der Waals surface area contributed by atoms with E-state index in [0.717, 1.165) is 29.5 Å². The number of hydrogen-bond acceptors (Lipinski definition) is 3. The van der Waals surface area contributed by atoms with E-state index in [2.05, 4.69) is 11.4 Å². The Morgan fingerprint density at radius 2 is 1.92 bits per heavy atom. The van der Waals surface area contributed by atoms with Crippen molar-refractivity contribution >= 4 is 17.5 Å². The summed E-state index contributed by atoms with van der Waals surface area (Å²) in [6.07, 6.45) is 1.68. The third-order valence-corrected chi connectivity index (χ3v) is 5.44. The average Bonchev–Trinajstić information content (AvgIpc) is 2.67. The van der Waals surface area contributed by atoms with Crippen LogP contribution in [-0.2, 0) is 14.9 Å². The summed E-state index contributed by atoms with van der Waals surface area (Å²) in [5.41, 5.74) is 9.07. The SMILES string of the molecule is Cc1ccc(C(N)C(=O)NCC2(c3cccc(Cl)c3)CCOCC2)cc1. The third-order valence-electron chi connectivity index (χ3n) is 5.21. The molecule has 5 heteroatoms. The monoisotopic (exact) mass is 372 g/mol. The number of hydrogen-bond donors (Lipinski definition) is 2. The molecule has 1 atom stereocenters. The molecule has 3 N–H and O–H groups in total. The van der Waals surface area contributed by atoms with Crippen LogP contribution in [0.4, 0.5) is 0 Å². The van der Waals surface area contributed by atoms with Crippen molar-refractivity contribution in [3.8, 4) is 0 Å². The Labute approximate surface area is 159 Å². The van der Waals surface area contributed by atoms with Crippen LogP contribution in [0.1, 0.15) is 35.6 Å². The molecule has 1 saturated heterocycles. The third kappa shape index (κ3) is 4.26.